The fourth-order valence-corrected chi connectivity index (χ4v) is 2.04. The number of carbonyl (C=O) groups is 1. The van der Waals surface area contributed by atoms with Gasteiger partial charge in [-0.1, -0.05) is 6.08 Å². The number of non-ortho nitro benzene ring substituents is 1. The van der Waals surface area contributed by atoms with E-state index in [-0.39, 0.29) is 18.8 Å². The third-order valence-corrected chi connectivity index (χ3v) is 3.37. The third-order valence-electron chi connectivity index (χ3n) is 3.37. The van der Waals surface area contributed by atoms with Crippen LogP contribution in [0.5, 0.6) is 0 Å². The van der Waals surface area contributed by atoms with Gasteiger partial charge in [0.05, 0.1) is 23.2 Å². The summed E-state index contributed by atoms with van der Waals surface area (Å²) in [4.78, 5) is 22.0. The van der Waals surface area contributed by atoms with Gasteiger partial charge in [-0.25, -0.2) is 4.79 Å². The second kappa shape index (κ2) is 9.46. The zero-order valence-electron chi connectivity index (χ0n) is 13.8. The van der Waals surface area contributed by atoms with Crippen LogP contribution < -0.4 is 5.32 Å². The Labute approximate surface area is 140 Å². The van der Waals surface area contributed by atoms with Crippen molar-refractivity contribution in [3.63, 3.8) is 0 Å². The lowest BCUT2D eigenvalue weighted by Gasteiger charge is -2.16. The Kier molecular flexibility index (Phi) is 7.64. The van der Waals surface area contributed by atoms with E-state index >= 15 is 0 Å². The minimum absolute atomic E-state index is 0.0365. The molecule has 0 radical (unpaired) electrons. The van der Waals surface area contributed by atoms with E-state index in [1.54, 1.807) is 19.9 Å². The maximum Gasteiger partial charge on any atom is 0.336 e. The first kappa shape index (κ1) is 19.4. The smallest absolute Gasteiger partial charge is 0.336 e. The number of nitrogens with one attached hydrogen (secondary N) is 1. The summed E-state index contributed by atoms with van der Waals surface area (Å²) in [5, 5.41) is 23.8. The number of esters is 1. The van der Waals surface area contributed by atoms with Gasteiger partial charge in [-0.3, -0.25) is 10.1 Å². The number of hydrogen-bond donors (Lipinski definition) is 2. The van der Waals surface area contributed by atoms with Gasteiger partial charge in [-0.05, 0) is 38.0 Å². The molecule has 0 spiro atoms. The van der Waals surface area contributed by atoms with E-state index in [4.69, 9.17) is 4.74 Å². The molecule has 130 valence electrons. The third kappa shape index (κ3) is 5.51. The van der Waals surface area contributed by atoms with E-state index in [1.165, 1.54) is 24.3 Å². The number of carbonyl (C=O) groups excluding carboxylic acids is 1. The lowest BCUT2D eigenvalue weighted by molar-refractivity contribution is -0.384. The number of nitrogens with zero attached hydrogens (tertiary/aromatic N) is 1. The van der Waals surface area contributed by atoms with E-state index < -0.39 is 17.0 Å². The Morgan fingerprint density at radius 3 is 2.58 bits per heavy atom. The molecule has 1 aromatic rings. The molecule has 7 heteroatoms. The molecular formula is C17H22N2O5. The summed E-state index contributed by atoms with van der Waals surface area (Å²) in [6.45, 7) is 7.50. The number of allylic oxidation sites excluding steroid dienone is 2. The van der Waals surface area contributed by atoms with Gasteiger partial charge in [0.25, 0.3) is 5.69 Å². The zero-order valence-corrected chi connectivity index (χ0v) is 13.8. The number of hydrogen-bond acceptors (Lipinski definition) is 6. The second-order valence-electron chi connectivity index (χ2n) is 5.06. The van der Waals surface area contributed by atoms with Crippen LogP contribution in [-0.4, -0.2) is 29.2 Å². The molecule has 1 rings (SSSR count). The molecule has 0 aliphatic rings. The molecule has 24 heavy (non-hydrogen) atoms. The summed E-state index contributed by atoms with van der Waals surface area (Å²) < 4.78 is 4.99. The molecule has 0 aromatic heterocycles. The summed E-state index contributed by atoms with van der Waals surface area (Å²) in [6, 6.07) is 5.67. The monoisotopic (exact) mass is 334 g/mol. The Morgan fingerprint density at radius 1 is 1.46 bits per heavy atom. The van der Waals surface area contributed by atoms with Gasteiger partial charge < -0.3 is 15.2 Å². The minimum atomic E-state index is -0.868. The molecule has 0 aliphatic carbocycles. The van der Waals surface area contributed by atoms with Crippen molar-refractivity contribution in [3.05, 3.63) is 63.9 Å². The molecule has 0 aliphatic heterocycles. The molecule has 0 saturated heterocycles. The van der Waals surface area contributed by atoms with Gasteiger partial charge in [0.2, 0.25) is 0 Å². The van der Waals surface area contributed by atoms with E-state index in [9.17, 15) is 20.0 Å². The van der Waals surface area contributed by atoms with E-state index in [0.717, 1.165) is 0 Å². The van der Waals surface area contributed by atoms with Crippen molar-refractivity contribution < 1.29 is 19.6 Å². The average Bonchev–Trinajstić information content (AvgIpc) is 2.57. The standard InChI is InChI=1S/C17H22N2O5/c1-4-6-15(17(21)24-5-2)12(3)18-11-16(20)13-7-9-14(10-8-13)19(22)23/h4,7-10,16,18,20H,1,5-6,11H2,2-3H3/b15-12+/t16-/m1/s1. The SMILES string of the molecule is C=CC/C(C(=O)OCC)=C(/C)NC[C@@H](O)c1ccc([N+](=O)[O-])cc1. The first-order chi connectivity index (χ1) is 11.4. The van der Waals surface area contributed by atoms with Gasteiger partial charge in [0.15, 0.2) is 0 Å². The van der Waals surface area contributed by atoms with Gasteiger partial charge in [-0.15, -0.1) is 6.58 Å². The lowest BCUT2D eigenvalue weighted by Crippen LogP contribution is -2.23. The average molecular weight is 334 g/mol. The zero-order chi connectivity index (χ0) is 18.1. The molecule has 0 saturated carbocycles. The normalized spacial score (nSPS) is 12.8. The number of aliphatic hydroxyl groups excluding tert-OH is 1. The van der Waals surface area contributed by atoms with Crippen LogP contribution >= 0.6 is 0 Å². The van der Waals surface area contributed by atoms with Crippen molar-refractivity contribution in [2.75, 3.05) is 13.2 Å². The number of aliphatic hydroxyl groups is 1. The highest BCUT2D eigenvalue weighted by molar-refractivity contribution is 5.89. The minimum Gasteiger partial charge on any atom is -0.463 e. The van der Waals surface area contributed by atoms with Gasteiger partial charge in [0.1, 0.15) is 0 Å². The highest BCUT2D eigenvalue weighted by atomic mass is 16.6. The molecule has 0 bridgehead atoms. The number of nitro groups is 1. The first-order valence-electron chi connectivity index (χ1n) is 7.54. The summed E-state index contributed by atoms with van der Waals surface area (Å²) >= 11 is 0. The molecule has 0 amide bonds. The van der Waals surface area contributed by atoms with Crippen LogP contribution in [0.4, 0.5) is 5.69 Å². The summed E-state index contributed by atoms with van der Waals surface area (Å²) in [5.74, 6) is -0.424. The van der Waals surface area contributed by atoms with Crippen molar-refractivity contribution in [1.29, 1.82) is 0 Å². The van der Waals surface area contributed by atoms with Crippen LogP contribution in [0.1, 0.15) is 31.9 Å². The molecule has 0 unspecified atom stereocenters. The number of benzene rings is 1. The fourth-order valence-electron chi connectivity index (χ4n) is 2.04. The summed E-state index contributed by atoms with van der Waals surface area (Å²) in [6.07, 6.45) is 1.09. The van der Waals surface area contributed by atoms with Crippen molar-refractivity contribution in [2.45, 2.75) is 26.4 Å². The Morgan fingerprint density at radius 2 is 2.08 bits per heavy atom. The van der Waals surface area contributed by atoms with Crippen LogP contribution in [-0.2, 0) is 9.53 Å². The first-order valence-corrected chi connectivity index (χ1v) is 7.54. The molecule has 7 nitrogen and oxygen atoms in total. The van der Waals surface area contributed by atoms with Crippen molar-refractivity contribution in [3.8, 4) is 0 Å². The summed E-state index contributed by atoms with van der Waals surface area (Å²) in [7, 11) is 0. The Hall–Kier alpha value is -2.67. The molecule has 0 fully saturated rings. The topological polar surface area (TPSA) is 102 Å². The van der Waals surface area contributed by atoms with Crippen molar-refractivity contribution >= 4 is 11.7 Å². The van der Waals surface area contributed by atoms with E-state index in [1.807, 2.05) is 0 Å². The molecular weight excluding hydrogens is 312 g/mol. The van der Waals surface area contributed by atoms with Crippen LogP contribution in [0.15, 0.2) is 48.2 Å². The van der Waals surface area contributed by atoms with Crippen LogP contribution in [0, 0.1) is 10.1 Å². The van der Waals surface area contributed by atoms with Crippen molar-refractivity contribution in [2.24, 2.45) is 0 Å². The van der Waals surface area contributed by atoms with E-state index in [2.05, 4.69) is 11.9 Å². The van der Waals surface area contributed by atoms with Gasteiger partial charge >= 0.3 is 5.97 Å². The second-order valence-corrected chi connectivity index (χ2v) is 5.06. The highest BCUT2D eigenvalue weighted by Gasteiger charge is 2.15. The largest absolute Gasteiger partial charge is 0.463 e. The van der Waals surface area contributed by atoms with E-state index in [0.29, 0.717) is 23.3 Å². The number of nitro benzene ring substituents is 1. The van der Waals surface area contributed by atoms with Crippen LogP contribution in [0.2, 0.25) is 0 Å². The maximum absolute atomic E-state index is 11.9. The Bertz CT molecular complexity index is 622. The highest BCUT2D eigenvalue weighted by Crippen LogP contribution is 2.18. The molecule has 1 atom stereocenters. The lowest BCUT2D eigenvalue weighted by atomic mass is 10.1. The number of ether oxygens (including phenoxy) is 1. The van der Waals surface area contributed by atoms with Crippen LogP contribution in [0.25, 0.3) is 0 Å². The fraction of sp³-hybridized carbons (Fsp3) is 0.353. The predicted octanol–water partition coefficient (Wildman–Crippen LogP) is 2.63. The molecule has 2 N–H and O–H groups in total. The van der Waals surface area contributed by atoms with Crippen LogP contribution in [0.3, 0.4) is 0 Å². The maximum atomic E-state index is 11.9. The molecule has 1 aromatic carbocycles. The summed E-state index contributed by atoms with van der Waals surface area (Å²) in [5.41, 5.74) is 1.55. The van der Waals surface area contributed by atoms with Gasteiger partial charge in [0, 0.05) is 24.4 Å². The Balaban J connectivity index is 2.77. The van der Waals surface area contributed by atoms with Gasteiger partial charge in [-0.2, -0.15) is 0 Å². The predicted molar refractivity (Wildman–Crippen MR) is 90.2 cm³/mol. The molecule has 0 heterocycles. The van der Waals surface area contributed by atoms with Crippen molar-refractivity contribution in [1.82, 2.24) is 5.32 Å². The number of rotatable bonds is 9. The quantitative estimate of drug-likeness (QED) is 0.237.